The van der Waals surface area contributed by atoms with Gasteiger partial charge in [0, 0.05) is 51.9 Å². The van der Waals surface area contributed by atoms with E-state index in [2.05, 4.69) is 0 Å². The average Bonchev–Trinajstić information content (AvgIpc) is 2.48. The fourth-order valence-corrected chi connectivity index (χ4v) is 5.87. The normalized spacial score (nSPS) is 12.2. The first kappa shape index (κ1) is 23.9. The third-order valence-electron chi connectivity index (χ3n) is 2.34. The highest BCUT2D eigenvalue weighted by atomic mass is 32.1. The van der Waals surface area contributed by atoms with Gasteiger partial charge in [-0.25, -0.2) is 0 Å². The Morgan fingerprint density at radius 2 is 0.750 bits per heavy atom. The highest BCUT2D eigenvalue weighted by Crippen LogP contribution is 2.18. The van der Waals surface area contributed by atoms with Crippen LogP contribution in [0.5, 0.6) is 0 Å². The fraction of sp³-hybridized carbons (Fsp3) is 0.923. The molecule has 0 radical (unpaired) electrons. The monoisotopic (exact) mass is 402 g/mol. The van der Waals surface area contributed by atoms with E-state index in [-0.39, 0.29) is 5.24 Å². The number of thiocarbonyl (C=S) groups is 1. The van der Waals surface area contributed by atoms with E-state index < -0.39 is 18.1 Å². The van der Waals surface area contributed by atoms with Crippen LogP contribution in [0.3, 0.4) is 0 Å². The van der Waals surface area contributed by atoms with Crippen molar-refractivity contribution in [2.45, 2.75) is 41.5 Å². The van der Waals surface area contributed by atoms with Crippen molar-refractivity contribution in [1.82, 2.24) is 0 Å². The van der Waals surface area contributed by atoms with E-state index in [0.29, 0.717) is 39.6 Å². The zero-order valence-electron chi connectivity index (χ0n) is 15.4. The van der Waals surface area contributed by atoms with E-state index in [1.54, 1.807) is 0 Å². The van der Waals surface area contributed by atoms with Crippen molar-refractivity contribution in [3.63, 3.8) is 0 Å². The molecule has 0 amide bonds. The Morgan fingerprint density at radius 1 is 0.542 bits per heavy atom. The van der Waals surface area contributed by atoms with E-state index in [0.717, 1.165) is 0 Å². The van der Waals surface area contributed by atoms with E-state index in [1.165, 1.54) is 0 Å². The molecule has 0 saturated carbocycles. The molecule has 0 aliphatic rings. The summed E-state index contributed by atoms with van der Waals surface area (Å²) in [5, 5.41) is -0.237. The number of rotatable bonds is 14. The molecule has 0 bridgehead atoms. The van der Waals surface area contributed by atoms with Crippen LogP contribution >= 0.6 is 12.2 Å². The molecule has 0 N–H and O–H groups in total. The van der Waals surface area contributed by atoms with Crippen LogP contribution in [-0.2, 0) is 35.4 Å². The standard InChI is InChI=1S/C13H30O8SSi2/c1-7-14-23(15-8-2,16-9-3)20-13(22)21-24(17-10-4,18-11-5)19-12-6/h7-12H2,1-6H3. The molecule has 24 heavy (non-hydrogen) atoms. The summed E-state index contributed by atoms with van der Waals surface area (Å²) in [4.78, 5) is 0. The van der Waals surface area contributed by atoms with Crippen molar-refractivity contribution >= 4 is 35.6 Å². The predicted octanol–water partition coefficient (Wildman–Crippen LogP) is 2.39. The Kier molecular flexibility index (Phi) is 13.1. The molecule has 0 aromatic carbocycles. The summed E-state index contributed by atoms with van der Waals surface area (Å²) in [7, 11) is -6.88. The molecule has 0 aromatic heterocycles. The Hall–Kier alpha value is -0.116. The van der Waals surface area contributed by atoms with Gasteiger partial charge in [0.2, 0.25) is 0 Å². The zero-order chi connectivity index (χ0) is 18.5. The van der Waals surface area contributed by atoms with Gasteiger partial charge in [-0.2, -0.15) is 0 Å². The van der Waals surface area contributed by atoms with Gasteiger partial charge in [0.05, 0.1) is 0 Å². The van der Waals surface area contributed by atoms with Gasteiger partial charge >= 0.3 is 23.3 Å². The predicted molar refractivity (Wildman–Crippen MR) is 96.0 cm³/mol. The van der Waals surface area contributed by atoms with Gasteiger partial charge in [0.25, 0.3) is 0 Å². The van der Waals surface area contributed by atoms with Crippen LogP contribution in [0.2, 0.25) is 0 Å². The molecule has 0 fully saturated rings. The second kappa shape index (κ2) is 13.1. The maximum atomic E-state index is 5.63. The first-order valence-corrected chi connectivity index (χ1v) is 11.9. The third kappa shape index (κ3) is 8.31. The maximum Gasteiger partial charge on any atom is 0.752 e. The summed E-state index contributed by atoms with van der Waals surface area (Å²) in [5.74, 6) is 0. The molecule has 0 aromatic rings. The smallest absolute Gasteiger partial charge is 0.443 e. The highest BCUT2D eigenvalue weighted by Gasteiger charge is 2.53. The van der Waals surface area contributed by atoms with E-state index >= 15 is 0 Å². The Labute approximate surface area is 152 Å². The molecule has 144 valence electrons. The Bertz CT molecular complexity index is 284. The molecular formula is C13H30O8SSi2. The molecule has 0 heterocycles. The van der Waals surface area contributed by atoms with Gasteiger partial charge in [-0.05, 0) is 41.5 Å². The molecule has 11 heteroatoms. The van der Waals surface area contributed by atoms with Crippen LogP contribution in [0, 0.1) is 0 Å². The molecule has 0 aliphatic carbocycles. The summed E-state index contributed by atoms with van der Waals surface area (Å²) in [6.07, 6.45) is 0. The van der Waals surface area contributed by atoms with Crippen molar-refractivity contribution in [2.24, 2.45) is 0 Å². The minimum Gasteiger partial charge on any atom is -0.443 e. The van der Waals surface area contributed by atoms with E-state index in [4.69, 9.17) is 47.6 Å². The quantitative estimate of drug-likeness (QED) is 0.321. The first-order chi connectivity index (χ1) is 11.5. The van der Waals surface area contributed by atoms with E-state index in [1.807, 2.05) is 41.5 Å². The van der Waals surface area contributed by atoms with Crippen LogP contribution in [0.15, 0.2) is 0 Å². The molecule has 0 unspecified atom stereocenters. The number of hydrogen-bond acceptors (Lipinski definition) is 9. The van der Waals surface area contributed by atoms with Crippen molar-refractivity contribution in [2.75, 3.05) is 39.6 Å². The molecule has 0 rings (SSSR count). The van der Waals surface area contributed by atoms with Gasteiger partial charge in [0.15, 0.2) is 0 Å². The summed E-state index contributed by atoms with van der Waals surface area (Å²) in [6, 6.07) is 0. The van der Waals surface area contributed by atoms with Crippen molar-refractivity contribution in [1.29, 1.82) is 0 Å². The second-order valence-corrected chi connectivity index (χ2v) is 8.53. The summed E-state index contributed by atoms with van der Waals surface area (Å²) >= 11 is 5.18. The fourth-order valence-electron chi connectivity index (χ4n) is 1.71. The van der Waals surface area contributed by atoms with Gasteiger partial charge in [-0.15, -0.1) is 0 Å². The minimum atomic E-state index is -3.44. The first-order valence-electron chi connectivity index (χ1n) is 8.22. The largest absolute Gasteiger partial charge is 0.752 e. The molecule has 0 saturated heterocycles. The Morgan fingerprint density at radius 3 is 0.917 bits per heavy atom. The third-order valence-corrected chi connectivity index (χ3v) is 7.53. The highest BCUT2D eigenvalue weighted by molar-refractivity contribution is 7.79. The topological polar surface area (TPSA) is 73.8 Å². The molecule has 0 spiro atoms. The summed E-state index contributed by atoms with van der Waals surface area (Å²) in [6.45, 7) is 13.0. The lowest BCUT2D eigenvalue weighted by Crippen LogP contribution is -2.55. The van der Waals surface area contributed by atoms with Crippen LogP contribution in [0.25, 0.3) is 0 Å². The van der Waals surface area contributed by atoms with E-state index in [9.17, 15) is 0 Å². The maximum absolute atomic E-state index is 5.63. The molecule has 8 nitrogen and oxygen atoms in total. The van der Waals surface area contributed by atoms with Gasteiger partial charge in [-0.1, -0.05) is 0 Å². The van der Waals surface area contributed by atoms with Crippen LogP contribution in [0.1, 0.15) is 41.5 Å². The summed E-state index contributed by atoms with van der Waals surface area (Å²) < 4.78 is 44.7. The lowest BCUT2D eigenvalue weighted by atomic mass is 10.9. The lowest BCUT2D eigenvalue weighted by Gasteiger charge is -2.30. The zero-order valence-corrected chi connectivity index (χ0v) is 18.2. The second-order valence-electron chi connectivity index (χ2n) is 4.05. The Balaban J connectivity index is 5.16. The van der Waals surface area contributed by atoms with Gasteiger partial charge in [-0.3, -0.25) is 0 Å². The molecular weight excluding hydrogens is 372 g/mol. The molecule has 0 atom stereocenters. The lowest BCUT2D eigenvalue weighted by molar-refractivity contribution is -0.0203. The summed E-state index contributed by atoms with van der Waals surface area (Å²) in [5.41, 5.74) is 0. The minimum absolute atomic E-state index is 0.237. The van der Waals surface area contributed by atoms with Crippen molar-refractivity contribution < 1.29 is 35.4 Å². The van der Waals surface area contributed by atoms with Gasteiger partial charge < -0.3 is 35.4 Å². The van der Waals surface area contributed by atoms with Crippen LogP contribution in [-0.4, -0.2) is 63.0 Å². The van der Waals surface area contributed by atoms with Crippen molar-refractivity contribution in [3.05, 3.63) is 0 Å². The van der Waals surface area contributed by atoms with Gasteiger partial charge in [0.1, 0.15) is 0 Å². The van der Waals surface area contributed by atoms with Crippen molar-refractivity contribution in [3.8, 4) is 0 Å². The molecule has 0 aliphatic heterocycles. The number of hydrogen-bond donors (Lipinski definition) is 0. The average molecular weight is 403 g/mol. The van der Waals surface area contributed by atoms with Crippen LogP contribution in [0.4, 0.5) is 0 Å². The SMILES string of the molecule is CCO[Si](OCC)(OCC)OC(=S)O[Si](OCC)(OCC)OCC. The van der Waals surface area contributed by atoms with Crippen LogP contribution < -0.4 is 0 Å².